The number of anilines is 1. The zero-order chi connectivity index (χ0) is 22.2. The van der Waals surface area contributed by atoms with Gasteiger partial charge in [-0.3, -0.25) is 4.79 Å². The average molecular weight is 429 g/mol. The summed E-state index contributed by atoms with van der Waals surface area (Å²) in [6.07, 6.45) is 1.05. The molecule has 1 unspecified atom stereocenters. The lowest BCUT2D eigenvalue weighted by molar-refractivity contribution is -0.147. The number of hydrogen-bond donors (Lipinski definition) is 1. The quantitative estimate of drug-likeness (QED) is 0.492. The van der Waals surface area contributed by atoms with E-state index in [1.807, 2.05) is 66.7 Å². The van der Waals surface area contributed by atoms with Gasteiger partial charge < -0.3 is 15.0 Å². The van der Waals surface area contributed by atoms with Gasteiger partial charge in [-0.15, -0.1) is 0 Å². The van der Waals surface area contributed by atoms with Crippen LogP contribution in [-0.2, 0) is 16.1 Å². The molecule has 1 aliphatic rings. The second kappa shape index (κ2) is 11.0. The van der Waals surface area contributed by atoms with Crippen molar-refractivity contribution in [3.05, 3.63) is 102 Å². The molecule has 4 rings (SSSR count). The number of hydrogen-bond acceptors (Lipinski definition) is 4. The number of carbonyl (C=O) groups is 1. The lowest BCUT2D eigenvalue weighted by atomic mass is 9.91. The molecule has 0 saturated carbocycles. The molecule has 3 atom stereocenters. The molecule has 1 N–H and O–H groups in total. The molecule has 4 heteroatoms. The van der Waals surface area contributed by atoms with E-state index in [1.165, 1.54) is 5.69 Å². The van der Waals surface area contributed by atoms with Crippen molar-refractivity contribution in [3.8, 4) is 0 Å². The Balaban J connectivity index is 1.38. The Morgan fingerprint density at radius 3 is 2.25 bits per heavy atom. The Kier molecular flexibility index (Phi) is 7.57. The number of carbonyl (C=O) groups excluding carboxylic acids is 1. The molecule has 0 aromatic heterocycles. The third-order valence-electron chi connectivity index (χ3n) is 6.27. The molecule has 4 nitrogen and oxygen atoms in total. The van der Waals surface area contributed by atoms with Gasteiger partial charge in [-0.2, -0.15) is 0 Å². The summed E-state index contributed by atoms with van der Waals surface area (Å²) in [4.78, 5) is 15.5. The van der Waals surface area contributed by atoms with Crippen LogP contribution in [0.25, 0.3) is 0 Å². The largest absolute Gasteiger partial charge is 0.460 e. The third-order valence-corrected chi connectivity index (χ3v) is 6.27. The van der Waals surface area contributed by atoms with Gasteiger partial charge in [0.05, 0.1) is 5.92 Å². The topological polar surface area (TPSA) is 41.6 Å². The van der Waals surface area contributed by atoms with Crippen molar-refractivity contribution in [3.63, 3.8) is 0 Å². The highest BCUT2D eigenvalue weighted by Gasteiger charge is 2.30. The summed E-state index contributed by atoms with van der Waals surface area (Å²) in [5, 5.41) is 3.68. The number of rotatable bonds is 8. The van der Waals surface area contributed by atoms with Gasteiger partial charge in [-0.05, 0) is 35.6 Å². The van der Waals surface area contributed by atoms with Gasteiger partial charge in [0.1, 0.15) is 6.61 Å². The average Bonchev–Trinajstić information content (AvgIpc) is 2.84. The molecule has 1 aliphatic heterocycles. The molecule has 0 amide bonds. The number of piperidine rings is 1. The molecule has 32 heavy (non-hydrogen) atoms. The van der Waals surface area contributed by atoms with Crippen molar-refractivity contribution < 1.29 is 9.53 Å². The van der Waals surface area contributed by atoms with E-state index in [9.17, 15) is 4.79 Å². The Hall–Kier alpha value is -3.11. The molecular weight excluding hydrogens is 396 g/mol. The molecule has 0 bridgehead atoms. The Bertz CT molecular complexity index is 962. The van der Waals surface area contributed by atoms with Crippen LogP contribution in [0.2, 0.25) is 0 Å². The molecule has 1 fully saturated rings. The summed E-state index contributed by atoms with van der Waals surface area (Å²) in [5.41, 5.74) is 3.20. The minimum absolute atomic E-state index is 0.155. The number of para-hydroxylation sites is 1. The summed E-state index contributed by atoms with van der Waals surface area (Å²) in [7, 11) is 0. The Labute approximate surface area is 191 Å². The van der Waals surface area contributed by atoms with Gasteiger partial charge in [-0.1, -0.05) is 85.8 Å². The number of nitrogens with zero attached hydrogens (tertiary/aromatic N) is 1. The highest BCUT2D eigenvalue weighted by Crippen LogP contribution is 2.25. The Morgan fingerprint density at radius 2 is 1.59 bits per heavy atom. The monoisotopic (exact) mass is 428 g/mol. The smallest absolute Gasteiger partial charge is 0.315 e. The summed E-state index contributed by atoms with van der Waals surface area (Å²) >= 11 is 0. The van der Waals surface area contributed by atoms with E-state index in [0.717, 1.165) is 30.6 Å². The van der Waals surface area contributed by atoms with Crippen LogP contribution in [0.1, 0.15) is 30.4 Å². The predicted octanol–water partition coefficient (Wildman–Crippen LogP) is 5.34. The highest BCUT2D eigenvalue weighted by atomic mass is 16.5. The molecule has 0 aliphatic carbocycles. The van der Waals surface area contributed by atoms with Gasteiger partial charge in [-0.25, -0.2) is 0 Å². The van der Waals surface area contributed by atoms with Crippen LogP contribution in [0.3, 0.4) is 0 Å². The minimum atomic E-state index is -0.286. The molecular formula is C28H32N2O2. The van der Waals surface area contributed by atoms with Crippen LogP contribution in [0.15, 0.2) is 91.0 Å². The van der Waals surface area contributed by atoms with E-state index in [0.29, 0.717) is 25.1 Å². The van der Waals surface area contributed by atoms with Crippen LogP contribution in [-0.4, -0.2) is 36.5 Å². The first-order valence-corrected chi connectivity index (χ1v) is 11.5. The third kappa shape index (κ3) is 5.98. The number of nitrogens with one attached hydrogen (secondary N) is 1. The maximum Gasteiger partial charge on any atom is 0.315 e. The van der Waals surface area contributed by atoms with Crippen LogP contribution in [0.5, 0.6) is 0 Å². The Morgan fingerprint density at radius 1 is 0.969 bits per heavy atom. The SMILES string of the molecule is C[C@@H]1CN(CC(C(=O)OCc2ccccc2)c2ccccc2)CC[C@@H]1Nc1ccccc1. The zero-order valence-corrected chi connectivity index (χ0v) is 18.7. The fourth-order valence-electron chi connectivity index (χ4n) is 4.45. The van der Waals surface area contributed by atoms with Crippen LogP contribution in [0.4, 0.5) is 5.69 Å². The molecule has 3 aromatic rings. The summed E-state index contributed by atoms with van der Waals surface area (Å²) in [6, 6.07) is 30.7. The van der Waals surface area contributed by atoms with Crippen molar-refractivity contribution >= 4 is 11.7 Å². The maximum absolute atomic E-state index is 13.1. The van der Waals surface area contributed by atoms with Crippen molar-refractivity contribution in [1.82, 2.24) is 4.90 Å². The maximum atomic E-state index is 13.1. The van der Waals surface area contributed by atoms with Gasteiger partial charge in [0.15, 0.2) is 0 Å². The van der Waals surface area contributed by atoms with E-state index in [1.54, 1.807) is 0 Å². The molecule has 166 valence electrons. The molecule has 3 aromatic carbocycles. The van der Waals surface area contributed by atoms with Crippen LogP contribution < -0.4 is 5.32 Å². The predicted molar refractivity (Wildman–Crippen MR) is 129 cm³/mol. The second-order valence-corrected chi connectivity index (χ2v) is 8.70. The minimum Gasteiger partial charge on any atom is -0.460 e. The van der Waals surface area contributed by atoms with E-state index < -0.39 is 0 Å². The van der Waals surface area contributed by atoms with E-state index in [-0.39, 0.29) is 11.9 Å². The number of benzene rings is 3. The fraction of sp³-hybridized carbons (Fsp3) is 0.321. The molecule has 0 spiro atoms. The lowest BCUT2D eigenvalue weighted by Crippen LogP contribution is -2.47. The molecule has 0 radical (unpaired) electrons. The van der Waals surface area contributed by atoms with Gasteiger partial charge >= 0.3 is 5.97 Å². The molecule has 1 heterocycles. The first-order valence-electron chi connectivity index (χ1n) is 11.5. The van der Waals surface area contributed by atoms with Crippen molar-refractivity contribution in [2.45, 2.75) is 31.9 Å². The lowest BCUT2D eigenvalue weighted by Gasteiger charge is -2.39. The number of ether oxygens (including phenoxy) is 1. The summed E-state index contributed by atoms with van der Waals surface area (Å²) < 4.78 is 5.74. The standard InChI is InChI=1S/C28H32N2O2/c1-22-19-30(18-17-27(22)29-25-15-9-4-10-16-25)20-26(24-13-7-3-8-14-24)28(31)32-21-23-11-5-2-6-12-23/h2-16,22,26-27,29H,17-21H2,1H3/t22-,26?,27+/m1/s1. The van der Waals surface area contributed by atoms with Gasteiger partial charge in [0.2, 0.25) is 0 Å². The van der Waals surface area contributed by atoms with E-state index >= 15 is 0 Å². The summed E-state index contributed by atoms with van der Waals surface area (Å²) in [5.74, 6) is 0.0451. The first kappa shape index (κ1) is 22.1. The van der Waals surface area contributed by atoms with Gasteiger partial charge in [0.25, 0.3) is 0 Å². The van der Waals surface area contributed by atoms with Crippen LogP contribution >= 0.6 is 0 Å². The zero-order valence-electron chi connectivity index (χ0n) is 18.7. The highest BCUT2D eigenvalue weighted by molar-refractivity contribution is 5.78. The van der Waals surface area contributed by atoms with Crippen molar-refractivity contribution in [2.75, 3.05) is 25.0 Å². The number of esters is 1. The van der Waals surface area contributed by atoms with E-state index in [4.69, 9.17) is 4.74 Å². The fourth-order valence-corrected chi connectivity index (χ4v) is 4.45. The molecule has 1 saturated heterocycles. The van der Waals surface area contributed by atoms with Gasteiger partial charge in [0, 0.05) is 31.4 Å². The first-order chi connectivity index (χ1) is 15.7. The van der Waals surface area contributed by atoms with Crippen LogP contribution in [0, 0.1) is 5.92 Å². The van der Waals surface area contributed by atoms with Crippen molar-refractivity contribution in [1.29, 1.82) is 0 Å². The normalized spacial score (nSPS) is 19.8. The second-order valence-electron chi connectivity index (χ2n) is 8.70. The van der Waals surface area contributed by atoms with E-state index in [2.05, 4.69) is 41.4 Å². The van der Waals surface area contributed by atoms with Crippen molar-refractivity contribution in [2.24, 2.45) is 5.92 Å². The number of likely N-dealkylation sites (tertiary alicyclic amines) is 1. The summed E-state index contributed by atoms with van der Waals surface area (Å²) in [6.45, 7) is 5.20.